The fourth-order valence-corrected chi connectivity index (χ4v) is 5.39. The molecular formula is C18H23FN2O4S. The molecule has 1 atom stereocenters. The van der Waals surface area contributed by atoms with Crippen LogP contribution in [0.1, 0.15) is 29.6 Å². The number of amides is 2. The zero-order valence-electron chi connectivity index (χ0n) is 14.6. The Bertz CT molecular complexity index is 788. The van der Waals surface area contributed by atoms with Gasteiger partial charge in [0.2, 0.25) is 5.91 Å². The molecule has 0 saturated carbocycles. The van der Waals surface area contributed by atoms with Gasteiger partial charge >= 0.3 is 0 Å². The minimum atomic E-state index is -3.02. The van der Waals surface area contributed by atoms with Gasteiger partial charge in [0.05, 0.1) is 11.5 Å². The maximum Gasteiger partial charge on any atom is 0.254 e. The Morgan fingerprint density at radius 2 is 1.81 bits per heavy atom. The molecule has 0 spiro atoms. The number of hydrogen-bond donors (Lipinski definition) is 0. The quantitative estimate of drug-likeness (QED) is 0.790. The van der Waals surface area contributed by atoms with E-state index in [-0.39, 0.29) is 35.7 Å². The predicted octanol–water partition coefficient (Wildman–Crippen LogP) is 1.33. The van der Waals surface area contributed by atoms with Crippen LogP contribution < -0.4 is 0 Å². The van der Waals surface area contributed by atoms with E-state index in [4.69, 9.17) is 0 Å². The fraction of sp³-hybridized carbons (Fsp3) is 0.556. The number of halogens is 1. The monoisotopic (exact) mass is 382 g/mol. The minimum Gasteiger partial charge on any atom is -0.339 e. The van der Waals surface area contributed by atoms with E-state index in [0.29, 0.717) is 38.2 Å². The topological polar surface area (TPSA) is 74.8 Å². The van der Waals surface area contributed by atoms with Gasteiger partial charge in [-0.15, -0.1) is 0 Å². The van der Waals surface area contributed by atoms with E-state index in [2.05, 4.69) is 0 Å². The van der Waals surface area contributed by atoms with Crippen LogP contribution in [0, 0.1) is 11.7 Å². The lowest BCUT2D eigenvalue weighted by molar-refractivity contribution is -0.133. The van der Waals surface area contributed by atoms with Crippen molar-refractivity contribution < 1.29 is 22.4 Å². The smallest absolute Gasteiger partial charge is 0.254 e. The van der Waals surface area contributed by atoms with E-state index >= 15 is 0 Å². The Balaban J connectivity index is 1.51. The second-order valence-electron chi connectivity index (χ2n) is 7.01. The highest BCUT2D eigenvalue weighted by molar-refractivity contribution is 7.91. The van der Waals surface area contributed by atoms with Crippen LogP contribution in [0.15, 0.2) is 24.3 Å². The van der Waals surface area contributed by atoms with Crippen molar-refractivity contribution in [3.05, 3.63) is 35.6 Å². The molecule has 2 aliphatic rings. The van der Waals surface area contributed by atoms with Crippen molar-refractivity contribution in [2.24, 2.45) is 5.92 Å². The summed E-state index contributed by atoms with van der Waals surface area (Å²) in [4.78, 5) is 28.2. The lowest BCUT2D eigenvalue weighted by Gasteiger charge is -2.35. The van der Waals surface area contributed by atoms with E-state index in [9.17, 15) is 22.4 Å². The lowest BCUT2D eigenvalue weighted by atomic mass is 10.0. The average Bonchev–Trinajstić information content (AvgIpc) is 2.60. The molecule has 8 heteroatoms. The zero-order valence-corrected chi connectivity index (χ0v) is 15.4. The van der Waals surface area contributed by atoms with Crippen LogP contribution in [0.25, 0.3) is 0 Å². The molecule has 2 aliphatic heterocycles. The highest BCUT2D eigenvalue weighted by Gasteiger charge is 2.30. The van der Waals surface area contributed by atoms with Gasteiger partial charge in [0, 0.05) is 38.2 Å². The van der Waals surface area contributed by atoms with Crippen LogP contribution >= 0.6 is 0 Å². The second kappa shape index (κ2) is 7.73. The molecule has 2 saturated heterocycles. The molecule has 0 aliphatic carbocycles. The highest BCUT2D eigenvalue weighted by Crippen LogP contribution is 2.22. The summed E-state index contributed by atoms with van der Waals surface area (Å²) < 4.78 is 36.7. The molecule has 1 unspecified atom stereocenters. The number of benzene rings is 1. The molecule has 26 heavy (non-hydrogen) atoms. The number of carbonyl (C=O) groups excluding carboxylic acids is 2. The van der Waals surface area contributed by atoms with Gasteiger partial charge in [-0.1, -0.05) is 6.07 Å². The molecule has 3 rings (SSSR count). The standard InChI is InChI=1S/C18H23FN2O4S/c19-16-5-1-4-15(12-16)18(23)21-8-6-20(7-9-21)17(22)11-14-3-2-10-26(24,25)13-14/h1,4-5,12,14H,2-3,6-11,13H2. The van der Waals surface area contributed by atoms with Crippen LogP contribution in [0.5, 0.6) is 0 Å². The third-order valence-corrected chi connectivity index (χ3v) is 6.90. The van der Waals surface area contributed by atoms with Crippen LogP contribution in [0.3, 0.4) is 0 Å². The first-order valence-electron chi connectivity index (χ1n) is 8.87. The Labute approximate surface area is 152 Å². The maximum atomic E-state index is 13.3. The SMILES string of the molecule is O=C(CC1CCCS(=O)(=O)C1)N1CCN(C(=O)c2cccc(F)c2)CC1. The van der Waals surface area contributed by atoms with Crippen molar-refractivity contribution in [1.29, 1.82) is 0 Å². The van der Waals surface area contributed by atoms with Gasteiger partial charge in [0.1, 0.15) is 5.82 Å². The first-order valence-corrected chi connectivity index (χ1v) is 10.7. The fourth-order valence-electron chi connectivity index (χ4n) is 3.62. The number of hydrogen-bond acceptors (Lipinski definition) is 4. The Hall–Kier alpha value is -1.96. The third kappa shape index (κ3) is 4.60. The highest BCUT2D eigenvalue weighted by atomic mass is 32.2. The average molecular weight is 382 g/mol. The summed E-state index contributed by atoms with van der Waals surface area (Å²) in [6.45, 7) is 1.62. The molecule has 1 aromatic carbocycles. The molecule has 142 valence electrons. The number of piperazine rings is 1. The van der Waals surface area contributed by atoms with Crippen LogP contribution in [-0.4, -0.2) is 67.7 Å². The maximum absolute atomic E-state index is 13.3. The molecule has 2 amide bonds. The summed E-state index contributed by atoms with van der Waals surface area (Å²) in [5.41, 5.74) is 0.303. The van der Waals surface area contributed by atoms with Gasteiger partial charge in [0.15, 0.2) is 9.84 Å². The molecular weight excluding hydrogens is 359 g/mol. The number of sulfone groups is 1. The Kier molecular flexibility index (Phi) is 5.60. The normalized spacial score (nSPS) is 22.9. The second-order valence-corrected chi connectivity index (χ2v) is 9.24. The summed E-state index contributed by atoms with van der Waals surface area (Å²) in [7, 11) is -3.02. The lowest BCUT2D eigenvalue weighted by Crippen LogP contribution is -2.51. The predicted molar refractivity (Wildman–Crippen MR) is 94.9 cm³/mol. The molecule has 2 heterocycles. The van der Waals surface area contributed by atoms with Crippen LogP contribution in [0.4, 0.5) is 4.39 Å². The van der Waals surface area contributed by atoms with Gasteiger partial charge in [-0.25, -0.2) is 12.8 Å². The van der Waals surface area contributed by atoms with Crippen molar-refractivity contribution in [3.63, 3.8) is 0 Å². The molecule has 0 radical (unpaired) electrons. The first-order chi connectivity index (χ1) is 12.3. The van der Waals surface area contributed by atoms with Crippen molar-refractivity contribution >= 4 is 21.7 Å². The molecule has 0 bridgehead atoms. The number of carbonyl (C=O) groups is 2. The van der Waals surface area contributed by atoms with E-state index in [1.807, 2.05) is 0 Å². The number of rotatable bonds is 3. The van der Waals surface area contributed by atoms with Gasteiger partial charge < -0.3 is 9.80 Å². The number of nitrogens with zero attached hydrogens (tertiary/aromatic N) is 2. The van der Waals surface area contributed by atoms with Crippen LogP contribution in [0.2, 0.25) is 0 Å². The first kappa shape index (κ1) is 18.8. The Morgan fingerprint density at radius 3 is 2.46 bits per heavy atom. The van der Waals surface area contributed by atoms with E-state index in [1.54, 1.807) is 15.9 Å². The zero-order chi connectivity index (χ0) is 18.7. The van der Waals surface area contributed by atoms with E-state index in [1.165, 1.54) is 18.2 Å². The van der Waals surface area contributed by atoms with Gasteiger partial charge in [-0.3, -0.25) is 9.59 Å². The van der Waals surface area contributed by atoms with Crippen LogP contribution in [-0.2, 0) is 14.6 Å². The molecule has 1 aromatic rings. The summed E-state index contributed by atoms with van der Waals surface area (Å²) in [6, 6.07) is 5.58. The van der Waals surface area contributed by atoms with Gasteiger partial charge in [0.25, 0.3) is 5.91 Å². The minimum absolute atomic E-state index is 0.0510. The van der Waals surface area contributed by atoms with Gasteiger partial charge in [-0.2, -0.15) is 0 Å². The molecule has 6 nitrogen and oxygen atoms in total. The summed E-state index contributed by atoms with van der Waals surface area (Å²) in [5.74, 6) is -0.532. The summed E-state index contributed by atoms with van der Waals surface area (Å²) >= 11 is 0. The van der Waals surface area contributed by atoms with Crippen molar-refractivity contribution in [2.45, 2.75) is 19.3 Å². The van der Waals surface area contributed by atoms with Crippen molar-refractivity contribution in [1.82, 2.24) is 9.80 Å². The van der Waals surface area contributed by atoms with Gasteiger partial charge in [-0.05, 0) is 37.0 Å². The van der Waals surface area contributed by atoms with Crippen molar-refractivity contribution in [2.75, 3.05) is 37.7 Å². The molecule has 0 N–H and O–H groups in total. The van der Waals surface area contributed by atoms with E-state index in [0.717, 1.165) is 6.42 Å². The summed E-state index contributed by atoms with van der Waals surface area (Å²) in [6.07, 6.45) is 1.64. The third-order valence-electron chi connectivity index (χ3n) is 5.01. The Morgan fingerprint density at radius 1 is 1.12 bits per heavy atom. The largest absolute Gasteiger partial charge is 0.339 e. The molecule has 0 aromatic heterocycles. The van der Waals surface area contributed by atoms with E-state index < -0.39 is 15.7 Å². The molecule has 2 fully saturated rings. The summed E-state index contributed by atoms with van der Waals surface area (Å²) in [5, 5.41) is 0. The van der Waals surface area contributed by atoms with Crippen molar-refractivity contribution in [3.8, 4) is 0 Å².